The number of methoxy groups -OCH3 is 1. The molecule has 0 aliphatic heterocycles. The van der Waals surface area contributed by atoms with E-state index in [1.807, 2.05) is 6.92 Å². The van der Waals surface area contributed by atoms with Crippen LogP contribution in [0.4, 0.5) is 5.69 Å². The highest BCUT2D eigenvalue weighted by molar-refractivity contribution is 5.57. The Balaban J connectivity index is 0.00000144. The molecule has 0 saturated heterocycles. The van der Waals surface area contributed by atoms with Gasteiger partial charge in [0.05, 0.1) is 7.11 Å². The number of rotatable bonds is 2. The molecule has 0 aromatic heterocycles. The van der Waals surface area contributed by atoms with E-state index in [1.165, 1.54) is 13.2 Å². The van der Waals surface area contributed by atoms with E-state index in [0.717, 1.165) is 12.0 Å². The molecular formula is C9H15NO3. The number of nitrogens with two attached hydrogens (primary N) is 1. The SMILES string of the molecule is CCc1cc(OC)c(O)cc1N.O. The van der Waals surface area contributed by atoms with Crippen LogP contribution in [0.1, 0.15) is 12.5 Å². The maximum absolute atomic E-state index is 9.31. The summed E-state index contributed by atoms with van der Waals surface area (Å²) in [5.41, 5.74) is 7.24. The first-order valence-electron chi connectivity index (χ1n) is 3.84. The van der Waals surface area contributed by atoms with Crippen LogP contribution in [0.3, 0.4) is 0 Å². The molecule has 0 aliphatic rings. The minimum absolute atomic E-state index is 0. The van der Waals surface area contributed by atoms with Crippen LogP contribution in [0.25, 0.3) is 0 Å². The fourth-order valence-corrected chi connectivity index (χ4v) is 1.10. The lowest BCUT2D eigenvalue weighted by atomic mass is 10.1. The van der Waals surface area contributed by atoms with Gasteiger partial charge in [0, 0.05) is 11.8 Å². The second kappa shape index (κ2) is 4.57. The van der Waals surface area contributed by atoms with E-state index in [9.17, 15) is 5.11 Å². The summed E-state index contributed by atoms with van der Waals surface area (Å²) in [7, 11) is 1.52. The number of hydrogen-bond donors (Lipinski definition) is 2. The van der Waals surface area contributed by atoms with Gasteiger partial charge in [-0.3, -0.25) is 0 Å². The summed E-state index contributed by atoms with van der Waals surface area (Å²) in [6, 6.07) is 3.27. The first-order valence-corrected chi connectivity index (χ1v) is 3.84. The van der Waals surface area contributed by atoms with Gasteiger partial charge < -0.3 is 21.1 Å². The summed E-state index contributed by atoms with van der Waals surface area (Å²) >= 11 is 0. The Morgan fingerprint density at radius 3 is 2.54 bits per heavy atom. The van der Waals surface area contributed by atoms with Crippen molar-refractivity contribution in [3.05, 3.63) is 17.7 Å². The van der Waals surface area contributed by atoms with Crippen molar-refractivity contribution in [2.75, 3.05) is 12.8 Å². The van der Waals surface area contributed by atoms with Crippen molar-refractivity contribution in [1.29, 1.82) is 0 Å². The molecule has 1 rings (SSSR count). The van der Waals surface area contributed by atoms with Crippen molar-refractivity contribution in [1.82, 2.24) is 0 Å². The Labute approximate surface area is 77.3 Å². The van der Waals surface area contributed by atoms with Gasteiger partial charge in [-0.05, 0) is 18.1 Å². The molecule has 0 radical (unpaired) electrons. The smallest absolute Gasteiger partial charge is 0.160 e. The largest absolute Gasteiger partial charge is 0.504 e. The van der Waals surface area contributed by atoms with Gasteiger partial charge in [0.1, 0.15) is 0 Å². The summed E-state index contributed by atoms with van der Waals surface area (Å²) in [4.78, 5) is 0. The van der Waals surface area contributed by atoms with Crippen molar-refractivity contribution >= 4 is 5.69 Å². The first kappa shape index (κ1) is 11.6. The molecule has 74 valence electrons. The molecule has 0 heterocycles. The third-order valence-corrected chi connectivity index (χ3v) is 1.82. The summed E-state index contributed by atoms with van der Waals surface area (Å²) in [5.74, 6) is 0.563. The molecule has 0 unspecified atom stereocenters. The maximum Gasteiger partial charge on any atom is 0.160 e. The lowest BCUT2D eigenvalue weighted by Gasteiger charge is -2.07. The van der Waals surface area contributed by atoms with Crippen molar-refractivity contribution in [2.45, 2.75) is 13.3 Å². The lowest BCUT2D eigenvalue weighted by Crippen LogP contribution is -1.94. The maximum atomic E-state index is 9.31. The Hall–Kier alpha value is -1.42. The van der Waals surface area contributed by atoms with Crippen molar-refractivity contribution < 1.29 is 15.3 Å². The monoisotopic (exact) mass is 185 g/mol. The van der Waals surface area contributed by atoms with Crippen LogP contribution in [0.15, 0.2) is 12.1 Å². The van der Waals surface area contributed by atoms with Gasteiger partial charge in [0.15, 0.2) is 11.5 Å². The zero-order valence-corrected chi connectivity index (χ0v) is 7.79. The number of phenols is 1. The number of phenolic OH excluding ortho intramolecular Hbond substituents is 1. The van der Waals surface area contributed by atoms with Crippen LogP contribution in [-0.4, -0.2) is 17.7 Å². The average Bonchev–Trinajstić information content (AvgIpc) is 2.05. The molecule has 4 nitrogen and oxygen atoms in total. The Kier molecular flexibility index (Phi) is 4.07. The molecule has 4 heteroatoms. The van der Waals surface area contributed by atoms with E-state index in [4.69, 9.17) is 10.5 Å². The average molecular weight is 185 g/mol. The van der Waals surface area contributed by atoms with Crippen LogP contribution in [0.2, 0.25) is 0 Å². The molecule has 0 aliphatic carbocycles. The summed E-state index contributed by atoms with van der Waals surface area (Å²) in [6.07, 6.45) is 0.836. The van der Waals surface area contributed by atoms with E-state index in [2.05, 4.69) is 0 Å². The zero-order valence-electron chi connectivity index (χ0n) is 7.79. The van der Waals surface area contributed by atoms with Gasteiger partial charge in [0.25, 0.3) is 0 Å². The standard InChI is InChI=1S/C9H13NO2.H2O/c1-3-6-4-9(12-2)8(11)5-7(6)10;/h4-5,11H,3,10H2,1-2H3;1H2. The van der Waals surface area contributed by atoms with Gasteiger partial charge in [0.2, 0.25) is 0 Å². The van der Waals surface area contributed by atoms with Crippen LogP contribution in [-0.2, 0) is 6.42 Å². The number of anilines is 1. The molecule has 0 spiro atoms. The Bertz CT molecular complexity index is 261. The fraction of sp³-hybridized carbons (Fsp3) is 0.333. The summed E-state index contributed by atoms with van der Waals surface area (Å²) < 4.78 is 4.94. The van der Waals surface area contributed by atoms with E-state index in [1.54, 1.807) is 6.07 Å². The number of ether oxygens (including phenoxy) is 1. The van der Waals surface area contributed by atoms with Gasteiger partial charge in [-0.25, -0.2) is 0 Å². The Morgan fingerprint density at radius 1 is 1.46 bits per heavy atom. The quantitative estimate of drug-likeness (QED) is 0.665. The molecule has 0 atom stereocenters. The Morgan fingerprint density at radius 2 is 2.08 bits per heavy atom. The second-order valence-electron chi connectivity index (χ2n) is 2.58. The third kappa shape index (κ3) is 2.26. The van der Waals surface area contributed by atoms with E-state index < -0.39 is 0 Å². The molecule has 0 saturated carbocycles. The number of aromatic hydroxyl groups is 1. The topological polar surface area (TPSA) is 87.0 Å². The van der Waals surface area contributed by atoms with Gasteiger partial charge in [-0.2, -0.15) is 0 Å². The molecule has 0 amide bonds. The van der Waals surface area contributed by atoms with Crippen LogP contribution < -0.4 is 10.5 Å². The van der Waals surface area contributed by atoms with Gasteiger partial charge in [-0.1, -0.05) is 6.92 Å². The van der Waals surface area contributed by atoms with Crippen molar-refractivity contribution in [3.8, 4) is 11.5 Å². The van der Waals surface area contributed by atoms with Crippen molar-refractivity contribution in [2.24, 2.45) is 0 Å². The fourth-order valence-electron chi connectivity index (χ4n) is 1.10. The predicted molar refractivity (Wildman–Crippen MR) is 52.1 cm³/mol. The summed E-state index contributed by atoms with van der Waals surface area (Å²) in [6.45, 7) is 2.00. The number of benzene rings is 1. The molecule has 1 aromatic rings. The second-order valence-corrected chi connectivity index (χ2v) is 2.58. The van der Waals surface area contributed by atoms with Crippen molar-refractivity contribution in [3.63, 3.8) is 0 Å². The molecule has 1 aromatic carbocycles. The van der Waals surface area contributed by atoms with Crippen LogP contribution >= 0.6 is 0 Å². The molecule has 13 heavy (non-hydrogen) atoms. The number of nitrogen functional groups attached to an aromatic ring is 1. The molecular weight excluding hydrogens is 170 g/mol. The molecule has 0 fully saturated rings. The molecule has 5 N–H and O–H groups in total. The van der Waals surface area contributed by atoms with Gasteiger partial charge >= 0.3 is 0 Å². The van der Waals surface area contributed by atoms with Gasteiger partial charge in [-0.15, -0.1) is 0 Å². The lowest BCUT2D eigenvalue weighted by molar-refractivity contribution is 0.373. The van der Waals surface area contributed by atoms with E-state index in [-0.39, 0.29) is 11.2 Å². The van der Waals surface area contributed by atoms with Crippen LogP contribution in [0, 0.1) is 0 Å². The first-order chi connectivity index (χ1) is 5.69. The van der Waals surface area contributed by atoms with E-state index >= 15 is 0 Å². The summed E-state index contributed by atoms with van der Waals surface area (Å²) in [5, 5.41) is 9.31. The third-order valence-electron chi connectivity index (χ3n) is 1.82. The normalized spacial score (nSPS) is 9.08. The van der Waals surface area contributed by atoms with E-state index in [0.29, 0.717) is 11.4 Å². The molecule has 0 bridgehead atoms. The highest BCUT2D eigenvalue weighted by Crippen LogP contribution is 2.30. The highest BCUT2D eigenvalue weighted by Gasteiger charge is 2.05. The zero-order chi connectivity index (χ0) is 9.14. The highest BCUT2D eigenvalue weighted by atomic mass is 16.5. The number of aryl methyl sites for hydroxylation is 1. The number of hydrogen-bond acceptors (Lipinski definition) is 3. The predicted octanol–water partition coefficient (Wildman–Crippen LogP) is 0.721. The minimum atomic E-state index is 0. The minimum Gasteiger partial charge on any atom is -0.504 e. The van der Waals surface area contributed by atoms with Crippen LogP contribution in [0.5, 0.6) is 11.5 Å².